The summed E-state index contributed by atoms with van der Waals surface area (Å²) in [5.74, 6) is 0. The molecular formula is C66H48N2Si2. The molecule has 13 aromatic rings. The molecule has 2 nitrogen and oxygen atoms in total. The minimum Gasteiger partial charge on any atom is -0.309 e. The summed E-state index contributed by atoms with van der Waals surface area (Å²) in [6.07, 6.45) is 0. The molecule has 0 aliphatic heterocycles. The zero-order valence-corrected chi connectivity index (χ0v) is 40.6. The van der Waals surface area contributed by atoms with Gasteiger partial charge in [0.2, 0.25) is 0 Å². The van der Waals surface area contributed by atoms with Gasteiger partial charge in [-0.2, -0.15) is 0 Å². The maximum absolute atomic E-state index is 2.92. The third-order valence-corrected chi connectivity index (χ3v) is 24.4. The van der Waals surface area contributed by atoms with Crippen molar-refractivity contribution in [2.24, 2.45) is 0 Å². The van der Waals surface area contributed by atoms with Gasteiger partial charge >= 0.3 is 0 Å². The van der Waals surface area contributed by atoms with Crippen LogP contribution in [0.4, 0.5) is 0 Å². The van der Waals surface area contributed by atoms with E-state index in [1.165, 1.54) is 90.8 Å². The van der Waals surface area contributed by atoms with E-state index in [4.69, 9.17) is 0 Å². The molecule has 0 saturated carbocycles. The van der Waals surface area contributed by atoms with E-state index in [0.717, 1.165) is 5.69 Å². The molecule has 0 bridgehead atoms. The zero-order valence-electron chi connectivity index (χ0n) is 38.6. The predicted octanol–water partition coefficient (Wildman–Crippen LogP) is 10.6. The maximum Gasteiger partial charge on any atom is 0.180 e. The van der Waals surface area contributed by atoms with E-state index >= 15 is 0 Å². The summed E-state index contributed by atoms with van der Waals surface area (Å²) >= 11 is 0. The van der Waals surface area contributed by atoms with Crippen LogP contribution in [0.3, 0.4) is 0 Å². The van der Waals surface area contributed by atoms with Crippen LogP contribution in [0.25, 0.3) is 55.0 Å². The molecule has 4 heteroatoms. The number of hydrogen-bond donors (Lipinski definition) is 0. The van der Waals surface area contributed by atoms with E-state index in [1.54, 1.807) is 0 Å². The van der Waals surface area contributed by atoms with Gasteiger partial charge in [0.1, 0.15) is 0 Å². The van der Waals surface area contributed by atoms with Crippen LogP contribution in [-0.2, 0) is 0 Å². The van der Waals surface area contributed by atoms with Crippen molar-refractivity contribution in [1.82, 2.24) is 9.13 Å². The Morgan fingerprint density at radius 3 is 1.06 bits per heavy atom. The molecular weight excluding hydrogens is 877 g/mol. The first kappa shape index (κ1) is 41.6. The first-order chi connectivity index (χ1) is 34.8. The third-order valence-electron chi connectivity index (χ3n) is 14.8. The number of aromatic nitrogens is 2. The molecule has 0 saturated heterocycles. The van der Waals surface area contributed by atoms with Crippen molar-refractivity contribution in [3.05, 3.63) is 291 Å². The van der Waals surface area contributed by atoms with E-state index in [1.807, 2.05) is 0 Å². The van der Waals surface area contributed by atoms with Gasteiger partial charge in [0.05, 0.1) is 27.8 Å². The number of hydrogen-bond acceptors (Lipinski definition) is 0. The summed E-state index contributed by atoms with van der Waals surface area (Å²) in [6.45, 7) is 0. The standard InChI is InChI=1S/C66H48N2Si2/c1-7-27-50(28-8-1)69(51-29-9-2-10-30-51,52-31-11-3-12-32-52)56-39-23-26-49(48-56)67-59-42-21-19-40-57(59)65-61(67)44-24-45-62(65)68-60-43-22-20-41-58(60)66-63(68)46-25-47-64(66)70(53-33-13-4-14-34-53,54-35-15-5-16-36-54)55-37-17-6-18-38-55/h1-48H. The van der Waals surface area contributed by atoms with Gasteiger partial charge in [-0.1, -0.05) is 249 Å². The summed E-state index contributed by atoms with van der Waals surface area (Å²) in [5, 5.41) is 15.9. The largest absolute Gasteiger partial charge is 0.309 e. The van der Waals surface area contributed by atoms with Crippen LogP contribution in [0.15, 0.2) is 291 Å². The minimum atomic E-state index is -2.92. The van der Waals surface area contributed by atoms with Crippen LogP contribution in [0.2, 0.25) is 0 Å². The molecule has 330 valence electrons. The van der Waals surface area contributed by atoms with Gasteiger partial charge in [-0.05, 0) is 84.0 Å². The molecule has 0 N–H and O–H groups in total. The summed E-state index contributed by atoms with van der Waals surface area (Å²) < 4.78 is 5.07. The average Bonchev–Trinajstić information content (AvgIpc) is 3.97. The number of fused-ring (bicyclic) bond motifs is 6. The molecule has 0 atom stereocenters. The van der Waals surface area contributed by atoms with Crippen molar-refractivity contribution < 1.29 is 0 Å². The number of para-hydroxylation sites is 2. The van der Waals surface area contributed by atoms with Gasteiger partial charge in [0.25, 0.3) is 0 Å². The van der Waals surface area contributed by atoms with E-state index in [2.05, 4.69) is 300 Å². The SMILES string of the molecule is c1ccc([Si](c2ccccc2)(c2ccccc2)c2cccc(-n3c4ccccc4c4c(-n5c6ccccc6c6c([Si](c7ccccc7)(c7ccccc7)c7ccccc7)cccc65)cccc43)c2)cc1. The molecule has 0 unspecified atom stereocenters. The molecule has 0 fully saturated rings. The number of nitrogens with zero attached hydrogens (tertiary/aromatic N) is 2. The van der Waals surface area contributed by atoms with Gasteiger partial charge in [-0.25, -0.2) is 0 Å². The third kappa shape index (κ3) is 6.31. The summed E-state index contributed by atoms with van der Waals surface area (Å²) in [4.78, 5) is 0. The van der Waals surface area contributed by atoms with E-state index < -0.39 is 16.1 Å². The fraction of sp³-hybridized carbons (Fsp3) is 0. The van der Waals surface area contributed by atoms with Gasteiger partial charge in [0, 0.05) is 27.2 Å². The van der Waals surface area contributed by atoms with Crippen LogP contribution in [-0.4, -0.2) is 25.3 Å². The molecule has 2 heterocycles. The van der Waals surface area contributed by atoms with Crippen LogP contribution in [0, 0.1) is 0 Å². The quantitative estimate of drug-likeness (QED) is 0.0956. The highest BCUT2D eigenvalue weighted by molar-refractivity contribution is 7.21. The second-order valence-electron chi connectivity index (χ2n) is 18.3. The van der Waals surface area contributed by atoms with Crippen LogP contribution >= 0.6 is 0 Å². The lowest BCUT2D eigenvalue weighted by atomic mass is 10.1. The Morgan fingerprint density at radius 2 is 0.571 bits per heavy atom. The Kier molecular flexibility index (Phi) is 10.2. The van der Waals surface area contributed by atoms with Crippen molar-refractivity contribution in [2.45, 2.75) is 0 Å². The highest BCUT2D eigenvalue weighted by atomic mass is 28.3. The van der Waals surface area contributed by atoms with E-state index in [0.29, 0.717) is 0 Å². The molecule has 13 rings (SSSR count). The van der Waals surface area contributed by atoms with Crippen LogP contribution in [0.1, 0.15) is 0 Å². The molecule has 0 aliphatic carbocycles. The molecule has 70 heavy (non-hydrogen) atoms. The lowest BCUT2D eigenvalue weighted by Crippen LogP contribution is -2.74. The highest BCUT2D eigenvalue weighted by Crippen LogP contribution is 2.40. The smallest absolute Gasteiger partial charge is 0.180 e. The topological polar surface area (TPSA) is 9.86 Å². The molecule has 0 radical (unpaired) electrons. The van der Waals surface area contributed by atoms with E-state index in [9.17, 15) is 0 Å². The Labute approximate surface area is 410 Å². The Balaban J connectivity index is 1.10. The monoisotopic (exact) mass is 924 g/mol. The van der Waals surface area contributed by atoms with Gasteiger partial charge < -0.3 is 9.13 Å². The lowest BCUT2D eigenvalue weighted by Gasteiger charge is -2.35. The number of benzene rings is 11. The van der Waals surface area contributed by atoms with E-state index in [-0.39, 0.29) is 0 Å². The van der Waals surface area contributed by atoms with Crippen molar-refractivity contribution in [3.8, 4) is 11.4 Å². The Bertz CT molecular complexity index is 3790. The number of rotatable bonds is 10. The lowest BCUT2D eigenvalue weighted by molar-refractivity contribution is 1.17. The minimum absolute atomic E-state index is 1.15. The van der Waals surface area contributed by atoms with Crippen molar-refractivity contribution in [1.29, 1.82) is 0 Å². The molecule has 2 aromatic heterocycles. The van der Waals surface area contributed by atoms with Gasteiger partial charge in [-0.15, -0.1) is 0 Å². The van der Waals surface area contributed by atoms with Gasteiger partial charge in [-0.3, -0.25) is 0 Å². The fourth-order valence-electron chi connectivity index (χ4n) is 12.0. The summed E-state index contributed by atoms with van der Waals surface area (Å²) in [6, 6.07) is 109. The molecule has 0 amide bonds. The fourth-order valence-corrected chi connectivity index (χ4v) is 21.8. The molecule has 11 aromatic carbocycles. The van der Waals surface area contributed by atoms with Crippen LogP contribution in [0.5, 0.6) is 0 Å². The summed E-state index contributed by atoms with van der Waals surface area (Å²) in [7, 11) is -5.72. The predicted molar refractivity (Wildman–Crippen MR) is 302 cm³/mol. The van der Waals surface area contributed by atoms with Crippen molar-refractivity contribution >= 4 is 101 Å². The highest BCUT2D eigenvalue weighted by Gasteiger charge is 2.44. The average molecular weight is 925 g/mol. The first-order valence-corrected chi connectivity index (χ1v) is 28.3. The molecule has 0 aliphatic rings. The second-order valence-corrected chi connectivity index (χ2v) is 25.9. The normalized spacial score (nSPS) is 12.0. The van der Waals surface area contributed by atoms with Crippen molar-refractivity contribution in [2.75, 3.05) is 0 Å². The Morgan fingerprint density at radius 1 is 0.229 bits per heavy atom. The maximum atomic E-state index is 2.56. The summed E-state index contributed by atoms with van der Waals surface area (Å²) in [5.41, 5.74) is 7.06. The van der Waals surface area contributed by atoms with Crippen LogP contribution < -0.4 is 41.5 Å². The molecule has 0 spiro atoms. The van der Waals surface area contributed by atoms with Crippen molar-refractivity contribution in [3.63, 3.8) is 0 Å². The Hall–Kier alpha value is -8.55. The second kappa shape index (κ2) is 17.2. The first-order valence-electron chi connectivity index (χ1n) is 24.3. The van der Waals surface area contributed by atoms with Gasteiger partial charge in [0.15, 0.2) is 16.1 Å². The zero-order chi connectivity index (χ0) is 46.5.